The predicted molar refractivity (Wildman–Crippen MR) is 97.3 cm³/mol. The van der Waals surface area contributed by atoms with Gasteiger partial charge in [0.05, 0.1) is 13.0 Å². The monoisotopic (exact) mass is 348 g/mol. The van der Waals surface area contributed by atoms with Crippen LogP contribution in [-0.2, 0) is 9.53 Å². The summed E-state index contributed by atoms with van der Waals surface area (Å²) in [6, 6.07) is 16.7. The molecule has 2 atom stereocenters. The van der Waals surface area contributed by atoms with Gasteiger partial charge in [-0.15, -0.1) is 0 Å². The van der Waals surface area contributed by atoms with Crippen molar-refractivity contribution in [3.8, 4) is 5.75 Å². The first-order valence-corrected chi connectivity index (χ1v) is 8.85. The average molecular weight is 348 g/mol. The Bertz CT molecular complexity index is 865. The molecule has 0 bridgehead atoms. The Morgan fingerprint density at radius 1 is 1.04 bits per heavy atom. The molecule has 0 spiro atoms. The fraction of sp³-hybridized carbons (Fsp3) is 0.273. The van der Waals surface area contributed by atoms with Crippen molar-refractivity contribution in [1.29, 1.82) is 0 Å². The molecular formula is C22H20O4. The molecule has 2 aromatic carbocycles. The maximum Gasteiger partial charge on any atom is 0.204 e. The van der Waals surface area contributed by atoms with Crippen LogP contribution in [0.15, 0.2) is 65.9 Å². The average Bonchev–Trinajstić information content (AvgIpc) is 3.09. The van der Waals surface area contributed by atoms with Crippen LogP contribution in [0.4, 0.5) is 0 Å². The summed E-state index contributed by atoms with van der Waals surface area (Å²) in [5.41, 5.74) is 2.19. The summed E-state index contributed by atoms with van der Waals surface area (Å²) in [5.74, 6) is 1.05. The molecule has 132 valence electrons. The summed E-state index contributed by atoms with van der Waals surface area (Å²) in [5, 5.41) is 0. The lowest BCUT2D eigenvalue weighted by atomic mass is 9.80. The number of methoxy groups -OCH3 is 1. The Morgan fingerprint density at radius 3 is 2.46 bits per heavy atom. The number of hydrogen-bond acceptors (Lipinski definition) is 4. The molecule has 1 heterocycles. The summed E-state index contributed by atoms with van der Waals surface area (Å²) < 4.78 is 11.2. The fourth-order valence-corrected chi connectivity index (χ4v) is 3.80. The van der Waals surface area contributed by atoms with Gasteiger partial charge in [-0.05, 0) is 36.2 Å². The van der Waals surface area contributed by atoms with Crippen LogP contribution in [0.1, 0.15) is 41.1 Å². The highest BCUT2D eigenvalue weighted by atomic mass is 16.5. The Hall–Kier alpha value is -2.88. The number of rotatable bonds is 4. The Kier molecular flexibility index (Phi) is 4.33. The lowest BCUT2D eigenvalue weighted by Crippen LogP contribution is -2.28. The molecule has 1 aliphatic heterocycles. The predicted octanol–water partition coefficient (Wildman–Crippen LogP) is 4.07. The molecule has 0 amide bonds. The number of carbonyl (C=O) groups excluding carboxylic acids is 2. The van der Waals surface area contributed by atoms with Gasteiger partial charge in [0.25, 0.3) is 0 Å². The molecule has 1 aliphatic carbocycles. The van der Waals surface area contributed by atoms with Crippen LogP contribution in [0.3, 0.4) is 0 Å². The van der Waals surface area contributed by atoms with E-state index in [1.54, 1.807) is 31.4 Å². The van der Waals surface area contributed by atoms with E-state index in [0.717, 1.165) is 18.4 Å². The second kappa shape index (κ2) is 6.79. The first-order valence-electron chi connectivity index (χ1n) is 8.85. The van der Waals surface area contributed by atoms with Crippen LogP contribution in [0.25, 0.3) is 0 Å². The highest BCUT2D eigenvalue weighted by Gasteiger charge is 2.45. The molecule has 0 saturated carbocycles. The number of ketones is 2. The first kappa shape index (κ1) is 16.6. The normalized spacial score (nSPS) is 22.0. The van der Waals surface area contributed by atoms with E-state index in [9.17, 15) is 9.59 Å². The summed E-state index contributed by atoms with van der Waals surface area (Å²) in [6.45, 7) is 0. The van der Waals surface area contributed by atoms with Gasteiger partial charge in [-0.25, -0.2) is 0 Å². The second-order valence-corrected chi connectivity index (χ2v) is 6.63. The van der Waals surface area contributed by atoms with E-state index < -0.39 is 6.10 Å². The van der Waals surface area contributed by atoms with Crippen molar-refractivity contribution in [2.75, 3.05) is 7.11 Å². The van der Waals surface area contributed by atoms with Gasteiger partial charge in [-0.2, -0.15) is 0 Å². The topological polar surface area (TPSA) is 52.6 Å². The highest BCUT2D eigenvalue weighted by molar-refractivity contribution is 6.05. The molecule has 0 fully saturated rings. The molecular weight excluding hydrogens is 328 g/mol. The Balaban J connectivity index is 1.72. The van der Waals surface area contributed by atoms with E-state index in [4.69, 9.17) is 9.47 Å². The maximum absolute atomic E-state index is 13.2. The van der Waals surface area contributed by atoms with E-state index in [-0.39, 0.29) is 17.5 Å². The van der Waals surface area contributed by atoms with Gasteiger partial charge in [0.15, 0.2) is 11.9 Å². The summed E-state index contributed by atoms with van der Waals surface area (Å²) in [7, 11) is 1.59. The van der Waals surface area contributed by atoms with Gasteiger partial charge in [-0.3, -0.25) is 9.59 Å². The SMILES string of the molecule is COc1ccc(C(=O)[C@@H]2OC3=C(C(=O)CCC3)[C@H]2c2ccccc2)cc1. The van der Waals surface area contributed by atoms with Crippen molar-refractivity contribution in [2.45, 2.75) is 31.3 Å². The zero-order valence-electron chi connectivity index (χ0n) is 14.6. The number of Topliss-reactive ketones (excluding diaryl/α,β-unsaturated/α-hetero) is 2. The molecule has 0 unspecified atom stereocenters. The van der Waals surface area contributed by atoms with Gasteiger partial charge in [-0.1, -0.05) is 30.3 Å². The fourth-order valence-electron chi connectivity index (χ4n) is 3.80. The number of allylic oxidation sites excluding steroid dienone is 1. The van der Waals surface area contributed by atoms with Crippen molar-refractivity contribution in [1.82, 2.24) is 0 Å². The lowest BCUT2D eigenvalue weighted by molar-refractivity contribution is -0.116. The third kappa shape index (κ3) is 2.81. The summed E-state index contributed by atoms with van der Waals surface area (Å²) >= 11 is 0. The zero-order valence-corrected chi connectivity index (χ0v) is 14.6. The number of ether oxygens (including phenoxy) is 2. The van der Waals surface area contributed by atoms with Gasteiger partial charge < -0.3 is 9.47 Å². The largest absolute Gasteiger partial charge is 0.497 e. The minimum atomic E-state index is -0.696. The minimum absolute atomic E-state index is 0.102. The van der Waals surface area contributed by atoms with E-state index in [1.165, 1.54) is 0 Å². The molecule has 4 heteroatoms. The Labute approximate surface area is 152 Å². The van der Waals surface area contributed by atoms with Crippen LogP contribution in [0.2, 0.25) is 0 Å². The lowest BCUT2D eigenvalue weighted by Gasteiger charge is -2.20. The van der Waals surface area contributed by atoms with Crippen LogP contribution in [0.5, 0.6) is 5.75 Å². The first-order chi connectivity index (χ1) is 12.7. The van der Waals surface area contributed by atoms with Gasteiger partial charge in [0.1, 0.15) is 11.5 Å². The zero-order chi connectivity index (χ0) is 18.1. The van der Waals surface area contributed by atoms with Crippen molar-refractivity contribution < 1.29 is 19.1 Å². The number of benzene rings is 2. The molecule has 2 aromatic rings. The third-order valence-corrected chi connectivity index (χ3v) is 5.08. The standard InChI is InChI=1S/C22H20O4/c1-25-16-12-10-15(11-13-16)21(24)22-19(14-6-3-2-4-7-14)20-17(23)8-5-9-18(20)26-22/h2-4,6-7,10-13,19,22H,5,8-9H2,1H3/t19-,22-/m1/s1. The molecule has 26 heavy (non-hydrogen) atoms. The van der Waals surface area contributed by atoms with Gasteiger partial charge >= 0.3 is 0 Å². The van der Waals surface area contributed by atoms with Crippen LogP contribution in [0, 0.1) is 0 Å². The number of hydrogen-bond donors (Lipinski definition) is 0. The van der Waals surface area contributed by atoms with Gasteiger partial charge in [0, 0.05) is 24.0 Å². The minimum Gasteiger partial charge on any atom is -0.497 e. The van der Waals surface area contributed by atoms with E-state index in [0.29, 0.717) is 29.1 Å². The molecule has 0 N–H and O–H groups in total. The van der Waals surface area contributed by atoms with Crippen molar-refractivity contribution in [3.63, 3.8) is 0 Å². The smallest absolute Gasteiger partial charge is 0.204 e. The van der Waals surface area contributed by atoms with Crippen molar-refractivity contribution >= 4 is 11.6 Å². The van der Waals surface area contributed by atoms with E-state index in [1.807, 2.05) is 30.3 Å². The van der Waals surface area contributed by atoms with E-state index in [2.05, 4.69) is 0 Å². The van der Waals surface area contributed by atoms with Crippen LogP contribution < -0.4 is 4.74 Å². The summed E-state index contributed by atoms with van der Waals surface area (Å²) in [4.78, 5) is 25.8. The summed E-state index contributed by atoms with van der Waals surface area (Å²) in [6.07, 6.45) is 1.33. The Morgan fingerprint density at radius 2 is 1.77 bits per heavy atom. The van der Waals surface area contributed by atoms with Gasteiger partial charge in [0.2, 0.25) is 5.78 Å². The third-order valence-electron chi connectivity index (χ3n) is 5.08. The highest BCUT2D eigenvalue weighted by Crippen LogP contribution is 2.45. The molecule has 0 aromatic heterocycles. The maximum atomic E-state index is 13.2. The second-order valence-electron chi connectivity index (χ2n) is 6.63. The van der Waals surface area contributed by atoms with E-state index >= 15 is 0 Å². The van der Waals surface area contributed by atoms with Crippen LogP contribution in [-0.4, -0.2) is 24.8 Å². The van der Waals surface area contributed by atoms with Crippen molar-refractivity contribution in [2.24, 2.45) is 0 Å². The molecule has 2 aliphatic rings. The van der Waals surface area contributed by atoms with Crippen molar-refractivity contribution in [3.05, 3.63) is 77.1 Å². The quantitative estimate of drug-likeness (QED) is 0.782. The molecule has 4 rings (SSSR count). The van der Waals surface area contributed by atoms with Crippen LogP contribution >= 0.6 is 0 Å². The molecule has 0 saturated heterocycles. The number of carbonyl (C=O) groups is 2. The molecule has 4 nitrogen and oxygen atoms in total. The molecule has 0 radical (unpaired) electrons.